The molecule has 0 unspecified atom stereocenters. The number of ether oxygens (including phenoxy) is 1. The quantitative estimate of drug-likeness (QED) is 0.698. The van der Waals surface area contributed by atoms with Gasteiger partial charge in [-0.1, -0.05) is 6.07 Å². The summed E-state index contributed by atoms with van der Waals surface area (Å²) in [5.74, 6) is 1.33. The van der Waals surface area contributed by atoms with Crippen molar-refractivity contribution in [3.63, 3.8) is 0 Å². The van der Waals surface area contributed by atoms with Crippen LogP contribution in [0, 0.1) is 0 Å². The van der Waals surface area contributed by atoms with Crippen molar-refractivity contribution in [2.45, 2.75) is 6.61 Å². The van der Waals surface area contributed by atoms with Crippen LogP contribution in [0.1, 0.15) is 5.82 Å². The predicted molar refractivity (Wildman–Crippen MR) is 69.3 cm³/mol. The van der Waals surface area contributed by atoms with E-state index in [1.807, 2.05) is 30.3 Å². The summed E-state index contributed by atoms with van der Waals surface area (Å²) >= 11 is 3.42. The van der Waals surface area contributed by atoms with Crippen LogP contribution in [0.5, 0.6) is 5.75 Å². The van der Waals surface area contributed by atoms with E-state index in [2.05, 4.69) is 31.0 Å². The van der Waals surface area contributed by atoms with E-state index in [4.69, 9.17) is 4.74 Å². The van der Waals surface area contributed by atoms with E-state index < -0.39 is 0 Å². The lowest BCUT2D eigenvalue weighted by atomic mass is 10.5. The molecule has 0 radical (unpaired) electrons. The van der Waals surface area contributed by atoms with Gasteiger partial charge in [0.15, 0.2) is 11.5 Å². The minimum atomic E-state index is 0.319. The van der Waals surface area contributed by atoms with E-state index >= 15 is 0 Å². The molecule has 0 amide bonds. The SMILES string of the molecule is Brc1cccc2nc(COc3cccnc3)nn12. The van der Waals surface area contributed by atoms with Crippen LogP contribution >= 0.6 is 15.9 Å². The second-order valence-corrected chi connectivity index (χ2v) is 4.44. The first-order chi connectivity index (χ1) is 8.83. The lowest BCUT2D eigenvalue weighted by Crippen LogP contribution is -1.98. The second-order valence-electron chi connectivity index (χ2n) is 3.62. The Morgan fingerprint density at radius 1 is 1.22 bits per heavy atom. The zero-order valence-corrected chi connectivity index (χ0v) is 10.9. The summed E-state index contributed by atoms with van der Waals surface area (Å²) in [5, 5.41) is 4.34. The van der Waals surface area contributed by atoms with Gasteiger partial charge in [-0.3, -0.25) is 4.98 Å². The van der Waals surface area contributed by atoms with Crippen molar-refractivity contribution in [2.75, 3.05) is 0 Å². The zero-order chi connectivity index (χ0) is 12.4. The number of fused-ring (bicyclic) bond motifs is 1. The number of nitrogens with zero attached hydrogens (tertiary/aromatic N) is 4. The van der Waals surface area contributed by atoms with Crippen LogP contribution in [0.4, 0.5) is 0 Å². The van der Waals surface area contributed by atoms with Crippen molar-refractivity contribution in [3.05, 3.63) is 53.2 Å². The standard InChI is InChI=1S/C12H9BrN4O/c13-10-4-1-5-12-15-11(16-17(10)12)8-18-9-3-2-6-14-7-9/h1-7H,8H2. The molecule has 3 rings (SSSR count). The molecular formula is C12H9BrN4O. The van der Waals surface area contributed by atoms with E-state index in [0.717, 1.165) is 10.3 Å². The number of pyridine rings is 2. The second kappa shape index (κ2) is 4.73. The normalized spacial score (nSPS) is 10.7. The molecule has 0 N–H and O–H groups in total. The molecule has 3 heterocycles. The molecule has 5 nitrogen and oxygen atoms in total. The van der Waals surface area contributed by atoms with Gasteiger partial charge >= 0.3 is 0 Å². The van der Waals surface area contributed by atoms with Crippen molar-refractivity contribution in [3.8, 4) is 5.75 Å². The van der Waals surface area contributed by atoms with Crippen molar-refractivity contribution in [1.29, 1.82) is 0 Å². The molecule has 0 fully saturated rings. The summed E-state index contributed by atoms with van der Waals surface area (Å²) < 4.78 is 8.13. The Morgan fingerprint density at radius 2 is 2.17 bits per heavy atom. The van der Waals surface area contributed by atoms with Crippen LogP contribution in [0.15, 0.2) is 47.3 Å². The molecule has 18 heavy (non-hydrogen) atoms. The van der Waals surface area contributed by atoms with Crippen molar-refractivity contribution in [2.24, 2.45) is 0 Å². The number of hydrogen-bond acceptors (Lipinski definition) is 4. The summed E-state index contributed by atoms with van der Waals surface area (Å²) in [7, 11) is 0. The Balaban J connectivity index is 1.81. The van der Waals surface area contributed by atoms with Gasteiger partial charge in [0.1, 0.15) is 17.0 Å². The van der Waals surface area contributed by atoms with Crippen LogP contribution in [-0.4, -0.2) is 19.6 Å². The smallest absolute Gasteiger partial charge is 0.189 e. The van der Waals surface area contributed by atoms with Gasteiger partial charge in [0.2, 0.25) is 0 Å². The number of halogens is 1. The van der Waals surface area contributed by atoms with Crippen LogP contribution in [0.3, 0.4) is 0 Å². The fourth-order valence-corrected chi connectivity index (χ4v) is 1.97. The summed E-state index contributed by atoms with van der Waals surface area (Å²) in [6, 6.07) is 9.39. The lowest BCUT2D eigenvalue weighted by molar-refractivity contribution is 0.295. The molecule has 0 aliphatic heterocycles. The molecule has 0 atom stereocenters. The Labute approximate surface area is 112 Å². The van der Waals surface area contributed by atoms with Crippen molar-refractivity contribution < 1.29 is 4.74 Å². The van der Waals surface area contributed by atoms with Crippen molar-refractivity contribution in [1.82, 2.24) is 19.6 Å². The van der Waals surface area contributed by atoms with E-state index in [-0.39, 0.29) is 0 Å². The minimum absolute atomic E-state index is 0.319. The molecule has 0 saturated carbocycles. The van der Waals surface area contributed by atoms with Gasteiger partial charge in [-0.25, -0.2) is 9.50 Å². The van der Waals surface area contributed by atoms with E-state index in [0.29, 0.717) is 18.2 Å². The van der Waals surface area contributed by atoms with Gasteiger partial charge in [0.25, 0.3) is 0 Å². The van der Waals surface area contributed by atoms with Gasteiger partial charge in [-0.05, 0) is 40.2 Å². The van der Waals surface area contributed by atoms with Crippen LogP contribution < -0.4 is 4.74 Å². The highest BCUT2D eigenvalue weighted by molar-refractivity contribution is 9.10. The third-order valence-corrected chi connectivity index (χ3v) is 2.96. The summed E-state index contributed by atoms with van der Waals surface area (Å²) in [4.78, 5) is 8.34. The van der Waals surface area contributed by atoms with E-state index in [9.17, 15) is 0 Å². The Morgan fingerprint density at radius 3 is 2.94 bits per heavy atom. The van der Waals surface area contributed by atoms with Gasteiger partial charge in [-0.15, -0.1) is 5.10 Å². The van der Waals surface area contributed by atoms with Gasteiger partial charge < -0.3 is 4.74 Å². The van der Waals surface area contributed by atoms with Crippen LogP contribution in [0.2, 0.25) is 0 Å². The number of hydrogen-bond donors (Lipinski definition) is 0. The first kappa shape index (κ1) is 11.2. The fraction of sp³-hybridized carbons (Fsp3) is 0.0833. The fourth-order valence-electron chi connectivity index (χ4n) is 1.56. The predicted octanol–water partition coefficient (Wildman–Crippen LogP) is 2.47. The topological polar surface area (TPSA) is 52.3 Å². The molecule has 0 bridgehead atoms. The highest BCUT2D eigenvalue weighted by Crippen LogP contribution is 2.13. The van der Waals surface area contributed by atoms with E-state index in [1.165, 1.54) is 0 Å². The first-order valence-electron chi connectivity index (χ1n) is 5.36. The number of rotatable bonds is 3. The minimum Gasteiger partial charge on any atom is -0.484 e. The summed E-state index contributed by atoms with van der Waals surface area (Å²) in [6.07, 6.45) is 3.36. The largest absolute Gasteiger partial charge is 0.484 e. The van der Waals surface area contributed by atoms with Gasteiger partial charge in [0.05, 0.1) is 6.20 Å². The number of aromatic nitrogens is 4. The third-order valence-electron chi connectivity index (χ3n) is 2.36. The summed E-state index contributed by atoms with van der Waals surface area (Å²) in [5.41, 5.74) is 0.786. The third kappa shape index (κ3) is 2.19. The molecule has 0 spiro atoms. The first-order valence-corrected chi connectivity index (χ1v) is 6.15. The molecule has 3 aromatic heterocycles. The van der Waals surface area contributed by atoms with Crippen molar-refractivity contribution >= 4 is 21.6 Å². The Kier molecular flexibility index (Phi) is 2.93. The maximum atomic E-state index is 5.55. The van der Waals surface area contributed by atoms with Gasteiger partial charge in [-0.2, -0.15) is 0 Å². The molecule has 0 aliphatic carbocycles. The van der Waals surface area contributed by atoms with E-state index in [1.54, 1.807) is 16.9 Å². The van der Waals surface area contributed by atoms with Crippen LogP contribution in [-0.2, 0) is 6.61 Å². The molecule has 0 aromatic carbocycles. The molecule has 6 heteroatoms. The van der Waals surface area contributed by atoms with Gasteiger partial charge in [0, 0.05) is 6.20 Å². The molecule has 90 valence electrons. The Hall–Kier alpha value is -1.95. The molecule has 3 aromatic rings. The highest BCUT2D eigenvalue weighted by atomic mass is 79.9. The average Bonchev–Trinajstić information content (AvgIpc) is 2.82. The Bertz CT molecular complexity index is 668. The monoisotopic (exact) mass is 304 g/mol. The summed E-state index contributed by atoms with van der Waals surface area (Å²) in [6.45, 7) is 0.319. The highest BCUT2D eigenvalue weighted by Gasteiger charge is 2.06. The zero-order valence-electron chi connectivity index (χ0n) is 9.32. The lowest BCUT2D eigenvalue weighted by Gasteiger charge is -2.01. The molecular weight excluding hydrogens is 296 g/mol. The average molecular weight is 305 g/mol. The maximum Gasteiger partial charge on any atom is 0.189 e. The van der Waals surface area contributed by atoms with Crippen LogP contribution in [0.25, 0.3) is 5.65 Å². The molecule has 0 saturated heterocycles. The maximum absolute atomic E-state index is 5.55. The molecule has 0 aliphatic rings.